The van der Waals surface area contributed by atoms with Crippen LogP contribution in [0.1, 0.15) is 5.56 Å². The van der Waals surface area contributed by atoms with E-state index in [1.807, 2.05) is 36.4 Å². The number of benzene rings is 3. The van der Waals surface area contributed by atoms with E-state index in [-0.39, 0.29) is 0 Å². The van der Waals surface area contributed by atoms with Crippen LogP contribution in [-0.2, 0) is 0 Å². The highest BCUT2D eigenvalue weighted by molar-refractivity contribution is 8.22. The molecule has 0 aliphatic carbocycles. The predicted octanol–water partition coefficient (Wildman–Crippen LogP) is 7.22. The van der Waals surface area contributed by atoms with E-state index in [9.17, 15) is 0 Å². The van der Waals surface area contributed by atoms with Crippen molar-refractivity contribution in [1.29, 1.82) is 0 Å². The first-order valence-corrected chi connectivity index (χ1v) is 9.24. The number of thioether (sulfide) groups is 2. The molecule has 0 radical (unpaired) electrons. The van der Waals surface area contributed by atoms with E-state index >= 15 is 0 Å². The monoisotopic (exact) mass is 354 g/mol. The Kier molecular flexibility index (Phi) is 5.87. The fourth-order valence-electron chi connectivity index (χ4n) is 1.98. The molecule has 0 bridgehead atoms. The van der Waals surface area contributed by atoms with Gasteiger partial charge in [-0.25, -0.2) is 0 Å². The molecule has 0 heterocycles. The molecule has 3 aromatic rings. The van der Waals surface area contributed by atoms with Gasteiger partial charge in [0.25, 0.3) is 0 Å². The number of hydrogen-bond acceptors (Lipinski definition) is 2. The van der Waals surface area contributed by atoms with Crippen LogP contribution in [0.15, 0.2) is 99.0 Å². The maximum absolute atomic E-state index is 5.98. The van der Waals surface area contributed by atoms with Gasteiger partial charge >= 0.3 is 0 Å². The lowest BCUT2D eigenvalue weighted by Gasteiger charge is -2.08. The summed E-state index contributed by atoms with van der Waals surface area (Å²) in [4.78, 5) is 2.47. The summed E-state index contributed by atoms with van der Waals surface area (Å²) in [6.45, 7) is 0. The highest BCUT2D eigenvalue weighted by Gasteiger charge is 2.04. The third-order valence-electron chi connectivity index (χ3n) is 3.08. The molecule has 0 spiro atoms. The fraction of sp³-hybridized carbons (Fsp3) is 0. The quantitative estimate of drug-likeness (QED) is 0.443. The van der Waals surface area contributed by atoms with Gasteiger partial charge in [-0.1, -0.05) is 83.7 Å². The zero-order valence-corrected chi connectivity index (χ0v) is 14.7. The van der Waals surface area contributed by atoms with Crippen LogP contribution in [0.4, 0.5) is 0 Å². The first-order valence-electron chi connectivity index (χ1n) is 7.23. The van der Waals surface area contributed by atoms with Crippen molar-refractivity contribution in [2.75, 3.05) is 0 Å². The third-order valence-corrected chi connectivity index (χ3v) is 5.48. The standard InChI is InChI=1S/C20H15ClS2/c21-17-13-11-16(12-14-17)15-20(22-18-7-3-1-4-8-18)23-19-9-5-2-6-10-19/h1-15H. The van der Waals surface area contributed by atoms with Crippen molar-refractivity contribution in [2.24, 2.45) is 0 Å². The highest BCUT2D eigenvalue weighted by atomic mass is 35.5. The van der Waals surface area contributed by atoms with E-state index < -0.39 is 0 Å². The van der Waals surface area contributed by atoms with Crippen molar-refractivity contribution in [1.82, 2.24) is 0 Å². The van der Waals surface area contributed by atoms with Crippen LogP contribution in [0.25, 0.3) is 6.08 Å². The van der Waals surface area contributed by atoms with Crippen molar-refractivity contribution in [2.45, 2.75) is 9.79 Å². The second kappa shape index (κ2) is 8.30. The summed E-state index contributed by atoms with van der Waals surface area (Å²) in [7, 11) is 0. The zero-order valence-electron chi connectivity index (χ0n) is 12.4. The van der Waals surface area contributed by atoms with Gasteiger partial charge in [-0.2, -0.15) is 0 Å². The molecule has 0 unspecified atom stereocenters. The molecule has 0 saturated heterocycles. The molecule has 0 atom stereocenters. The van der Waals surface area contributed by atoms with Crippen molar-refractivity contribution >= 4 is 41.2 Å². The van der Waals surface area contributed by atoms with Crippen LogP contribution in [-0.4, -0.2) is 0 Å². The Hall–Kier alpha value is -1.61. The van der Waals surface area contributed by atoms with E-state index in [0.717, 1.165) is 10.6 Å². The average Bonchev–Trinajstić information content (AvgIpc) is 2.59. The predicted molar refractivity (Wildman–Crippen MR) is 104 cm³/mol. The molecule has 0 nitrogen and oxygen atoms in total. The van der Waals surface area contributed by atoms with E-state index in [1.165, 1.54) is 14.0 Å². The Morgan fingerprint density at radius 2 is 1.13 bits per heavy atom. The van der Waals surface area contributed by atoms with Crippen LogP contribution in [0.2, 0.25) is 5.02 Å². The lowest BCUT2D eigenvalue weighted by Crippen LogP contribution is -1.77. The molecule has 3 aromatic carbocycles. The summed E-state index contributed by atoms with van der Waals surface area (Å²) in [6.07, 6.45) is 2.20. The van der Waals surface area contributed by atoms with Gasteiger partial charge in [-0.05, 0) is 48.0 Å². The Morgan fingerprint density at radius 3 is 1.61 bits per heavy atom. The van der Waals surface area contributed by atoms with Gasteiger partial charge in [-0.15, -0.1) is 0 Å². The number of hydrogen-bond donors (Lipinski definition) is 0. The first-order chi connectivity index (χ1) is 11.3. The molecule has 0 aromatic heterocycles. The molecule has 0 aliphatic rings. The third kappa shape index (κ3) is 5.21. The number of rotatable bonds is 5. The minimum atomic E-state index is 0.759. The molecule has 3 rings (SSSR count). The lowest BCUT2D eigenvalue weighted by atomic mass is 10.2. The molecule has 0 aliphatic heterocycles. The maximum Gasteiger partial charge on any atom is 0.0504 e. The van der Waals surface area contributed by atoms with Crippen LogP contribution in [0.3, 0.4) is 0 Å². The second-order valence-corrected chi connectivity index (χ2v) is 7.77. The van der Waals surface area contributed by atoms with Gasteiger partial charge < -0.3 is 0 Å². The van der Waals surface area contributed by atoms with Crippen molar-refractivity contribution in [3.8, 4) is 0 Å². The summed E-state index contributed by atoms with van der Waals surface area (Å²) in [5.41, 5.74) is 1.15. The topological polar surface area (TPSA) is 0 Å². The van der Waals surface area contributed by atoms with Gasteiger partial charge in [0.05, 0.1) is 4.24 Å². The molecular weight excluding hydrogens is 340 g/mol. The molecule has 0 fully saturated rings. The lowest BCUT2D eigenvalue weighted by molar-refractivity contribution is 1.46. The molecule has 23 heavy (non-hydrogen) atoms. The summed E-state index contributed by atoms with van der Waals surface area (Å²) in [5, 5.41) is 0.759. The Balaban J connectivity index is 1.87. The highest BCUT2D eigenvalue weighted by Crippen LogP contribution is 2.40. The molecule has 0 amide bonds. The van der Waals surface area contributed by atoms with Gasteiger partial charge in [0, 0.05) is 14.8 Å². The van der Waals surface area contributed by atoms with Crippen molar-refractivity contribution < 1.29 is 0 Å². The minimum absolute atomic E-state index is 0.759. The summed E-state index contributed by atoms with van der Waals surface area (Å²) < 4.78 is 1.23. The average molecular weight is 355 g/mol. The van der Waals surface area contributed by atoms with E-state index in [0.29, 0.717) is 0 Å². The van der Waals surface area contributed by atoms with Crippen LogP contribution in [0.5, 0.6) is 0 Å². The second-order valence-electron chi connectivity index (χ2n) is 4.85. The van der Waals surface area contributed by atoms with Crippen LogP contribution in [0, 0.1) is 0 Å². The molecule has 3 heteroatoms. The minimum Gasteiger partial charge on any atom is -0.0843 e. The fourth-order valence-corrected chi connectivity index (χ4v) is 4.30. The van der Waals surface area contributed by atoms with E-state index in [2.05, 4.69) is 54.6 Å². The van der Waals surface area contributed by atoms with Crippen LogP contribution >= 0.6 is 35.1 Å². The van der Waals surface area contributed by atoms with Crippen molar-refractivity contribution in [3.63, 3.8) is 0 Å². The first kappa shape index (κ1) is 16.3. The summed E-state index contributed by atoms with van der Waals surface area (Å²) in [6, 6.07) is 28.8. The normalized spacial score (nSPS) is 10.3. The molecule has 0 N–H and O–H groups in total. The Bertz CT molecular complexity index is 722. The van der Waals surface area contributed by atoms with Crippen LogP contribution < -0.4 is 0 Å². The summed E-state index contributed by atoms with van der Waals surface area (Å²) in [5.74, 6) is 0. The van der Waals surface area contributed by atoms with Crippen molar-refractivity contribution in [3.05, 3.63) is 99.8 Å². The Labute approximate surface area is 150 Å². The molecule has 114 valence electrons. The summed E-state index contributed by atoms with van der Waals surface area (Å²) >= 11 is 9.52. The van der Waals surface area contributed by atoms with Gasteiger partial charge in [0.15, 0.2) is 0 Å². The van der Waals surface area contributed by atoms with Gasteiger partial charge in [0.1, 0.15) is 0 Å². The maximum atomic E-state index is 5.98. The van der Waals surface area contributed by atoms with E-state index in [1.54, 1.807) is 23.5 Å². The largest absolute Gasteiger partial charge is 0.0843 e. The number of halogens is 1. The van der Waals surface area contributed by atoms with E-state index in [4.69, 9.17) is 11.6 Å². The molecule has 0 saturated carbocycles. The SMILES string of the molecule is Clc1ccc(C=C(Sc2ccccc2)Sc2ccccc2)cc1. The smallest absolute Gasteiger partial charge is 0.0504 e. The van der Waals surface area contributed by atoms with Gasteiger partial charge in [0.2, 0.25) is 0 Å². The zero-order chi connectivity index (χ0) is 15.9. The Morgan fingerprint density at radius 1 is 0.652 bits per heavy atom. The molecular formula is C20H15ClS2. The van der Waals surface area contributed by atoms with Gasteiger partial charge in [-0.3, -0.25) is 0 Å².